The van der Waals surface area contributed by atoms with Gasteiger partial charge < -0.3 is 5.32 Å². The molecule has 0 atom stereocenters. The van der Waals surface area contributed by atoms with E-state index in [4.69, 9.17) is 0 Å². The van der Waals surface area contributed by atoms with Gasteiger partial charge in [0.1, 0.15) is 0 Å². The number of carbonyl (C=O) groups is 1. The molecule has 0 unspecified atom stereocenters. The monoisotopic (exact) mass is 358 g/mol. The van der Waals surface area contributed by atoms with E-state index in [2.05, 4.69) is 5.32 Å². The largest absolute Gasteiger partial charge is 0.322 e. The Morgan fingerprint density at radius 2 is 1.84 bits per heavy atom. The number of hydrogen-bond donors (Lipinski definition) is 1. The van der Waals surface area contributed by atoms with E-state index in [0.29, 0.717) is 29.9 Å². The Morgan fingerprint density at radius 1 is 1.04 bits per heavy atom. The maximum absolute atomic E-state index is 12.4. The van der Waals surface area contributed by atoms with Crippen molar-refractivity contribution in [1.82, 2.24) is 0 Å². The minimum absolute atomic E-state index is 0.173. The van der Waals surface area contributed by atoms with E-state index < -0.39 is 10.0 Å². The molecule has 3 rings (SSSR count). The van der Waals surface area contributed by atoms with Crippen LogP contribution in [-0.4, -0.2) is 26.6 Å². The van der Waals surface area contributed by atoms with Gasteiger partial charge in [0.15, 0.2) is 0 Å². The molecule has 0 aliphatic carbocycles. The van der Waals surface area contributed by atoms with Gasteiger partial charge in [0.2, 0.25) is 10.0 Å². The SMILES string of the molecule is Cc1ccc(C(=O)Nc2cccc(N3CCCCS3(=O)=O)c2)cc1C. The van der Waals surface area contributed by atoms with Crippen molar-refractivity contribution in [3.63, 3.8) is 0 Å². The number of hydrogen-bond acceptors (Lipinski definition) is 3. The number of aryl methyl sites for hydroxylation is 2. The van der Waals surface area contributed by atoms with Gasteiger partial charge in [-0.3, -0.25) is 9.10 Å². The summed E-state index contributed by atoms with van der Waals surface area (Å²) in [4.78, 5) is 12.4. The predicted molar refractivity (Wildman–Crippen MR) is 101 cm³/mol. The molecule has 1 N–H and O–H groups in total. The highest BCUT2D eigenvalue weighted by Gasteiger charge is 2.26. The topological polar surface area (TPSA) is 66.5 Å². The van der Waals surface area contributed by atoms with E-state index in [0.717, 1.165) is 17.5 Å². The molecule has 1 amide bonds. The number of rotatable bonds is 3. The minimum Gasteiger partial charge on any atom is -0.322 e. The minimum atomic E-state index is -3.26. The van der Waals surface area contributed by atoms with Crippen LogP contribution in [0, 0.1) is 13.8 Å². The Labute approximate surface area is 148 Å². The Kier molecular flexibility index (Phi) is 4.81. The van der Waals surface area contributed by atoms with E-state index in [1.165, 1.54) is 4.31 Å². The number of anilines is 2. The summed E-state index contributed by atoms with van der Waals surface area (Å²) in [6.45, 7) is 4.45. The van der Waals surface area contributed by atoms with Crippen molar-refractivity contribution in [3.05, 3.63) is 59.2 Å². The van der Waals surface area contributed by atoms with Crippen LogP contribution in [0.1, 0.15) is 34.3 Å². The van der Waals surface area contributed by atoms with Crippen LogP contribution in [-0.2, 0) is 10.0 Å². The van der Waals surface area contributed by atoms with Crippen LogP contribution in [0.4, 0.5) is 11.4 Å². The number of carbonyl (C=O) groups excluding carboxylic acids is 1. The number of sulfonamides is 1. The molecule has 1 fully saturated rings. The molecule has 0 radical (unpaired) electrons. The summed E-state index contributed by atoms with van der Waals surface area (Å²) < 4.78 is 25.9. The maximum atomic E-state index is 12.4. The van der Waals surface area contributed by atoms with Crippen LogP contribution >= 0.6 is 0 Å². The first kappa shape index (κ1) is 17.5. The lowest BCUT2D eigenvalue weighted by Crippen LogP contribution is -2.37. The van der Waals surface area contributed by atoms with Gasteiger partial charge in [0, 0.05) is 17.8 Å². The number of benzene rings is 2. The average Bonchev–Trinajstić information content (AvgIpc) is 2.57. The highest BCUT2D eigenvalue weighted by atomic mass is 32.2. The van der Waals surface area contributed by atoms with Crippen molar-refractivity contribution >= 4 is 27.3 Å². The van der Waals surface area contributed by atoms with E-state index in [-0.39, 0.29) is 11.7 Å². The lowest BCUT2D eigenvalue weighted by molar-refractivity contribution is 0.102. The normalized spacial score (nSPS) is 16.5. The lowest BCUT2D eigenvalue weighted by Gasteiger charge is -2.28. The third kappa shape index (κ3) is 3.85. The molecule has 2 aromatic carbocycles. The molecule has 6 heteroatoms. The van der Waals surface area contributed by atoms with Crippen LogP contribution in [0.25, 0.3) is 0 Å². The summed E-state index contributed by atoms with van der Waals surface area (Å²) in [7, 11) is -3.26. The summed E-state index contributed by atoms with van der Waals surface area (Å²) in [6, 6.07) is 12.5. The molecule has 1 aliphatic rings. The van der Waals surface area contributed by atoms with Crippen molar-refractivity contribution < 1.29 is 13.2 Å². The van der Waals surface area contributed by atoms with Crippen molar-refractivity contribution in [2.75, 3.05) is 21.9 Å². The lowest BCUT2D eigenvalue weighted by atomic mass is 10.1. The highest BCUT2D eigenvalue weighted by Crippen LogP contribution is 2.26. The fourth-order valence-electron chi connectivity index (χ4n) is 2.90. The van der Waals surface area contributed by atoms with E-state index >= 15 is 0 Å². The van der Waals surface area contributed by atoms with Crippen molar-refractivity contribution in [2.45, 2.75) is 26.7 Å². The molecule has 1 heterocycles. The van der Waals surface area contributed by atoms with Gasteiger partial charge in [-0.05, 0) is 68.1 Å². The van der Waals surface area contributed by atoms with Crippen LogP contribution in [0.5, 0.6) is 0 Å². The van der Waals surface area contributed by atoms with Gasteiger partial charge in [0.05, 0.1) is 11.4 Å². The van der Waals surface area contributed by atoms with Crippen molar-refractivity contribution in [1.29, 1.82) is 0 Å². The third-order valence-electron chi connectivity index (χ3n) is 4.51. The molecule has 5 nitrogen and oxygen atoms in total. The molecule has 1 saturated heterocycles. The van der Waals surface area contributed by atoms with Gasteiger partial charge in [-0.15, -0.1) is 0 Å². The first-order chi connectivity index (χ1) is 11.9. The number of nitrogens with one attached hydrogen (secondary N) is 1. The Bertz CT molecular complexity index is 907. The zero-order chi connectivity index (χ0) is 18.0. The third-order valence-corrected chi connectivity index (χ3v) is 6.38. The molecular formula is C19H22N2O3S. The molecule has 0 aromatic heterocycles. The molecule has 132 valence electrons. The van der Waals surface area contributed by atoms with Gasteiger partial charge in [-0.1, -0.05) is 12.1 Å². The standard InChI is InChI=1S/C19H22N2O3S/c1-14-8-9-16(12-15(14)2)19(22)20-17-6-5-7-18(13-17)21-10-3-4-11-25(21,23)24/h5-9,12-13H,3-4,10-11H2,1-2H3,(H,20,22). The van der Waals surface area contributed by atoms with E-state index in [1.54, 1.807) is 30.3 Å². The molecule has 0 saturated carbocycles. The smallest absolute Gasteiger partial charge is 0.255 e. The summed E-state index contributed by atoms with van der Waals surface area (Å²) in [5.74, 6) is -0.0339. The van der Waals surface area contributed by atoms with Gasteiger partial charge in [-0.25, -0.2) is 8.42 Å². The number of amides is 1. The second kappa shape index (κ2) is 6.88. The summed E-state index contributed by atoms with van der Waals surface area (Å²) in [5, 5.41) is 2.85. The fraction of sp³-hybridized carbons (Fsp3) is 0.316. The van der Waals surface area contributed by atoms with Crippen LogP contribution in [0.2, 0.25) is 0 Å². The average molecular weight is 358 g/mol. The zero-order valence-electron chi connectivity index (χ0n) is 14.5. The quantitative estimate of drug-likeness (QED) is 0.913. The highest BCUT2D eigenvalue weighted by molar-refractivity contribution is 7.92. The Morgan fingerprint density at radius 3 is 2.56 bits per heavy atom. The van der Waals surface area contributed by atoms with Crippen LogP contribution in [0.3, 0.4) is 0 Å². The predicted octanol–water partition coefficient (Wildman–Crippen LogP) is 3.49. The summed E-state index contributed by atoms with van der Waals surface area (Å²) in [5.41, 5.74) is 3.95. The molecule has 2 aromatic rings. The first-order valence-electron chi connectivity index (χ1n) is 8.36. The van der Waals surface area contributed by atoms with Gasteiger partial charge >= 0.3 is 0 Å². The van der Waals surface area contributed by atoms with Crippen LogP contribution in [0.15, 0.2) is 42.5 Å². The maximum Gasteiger partial charge on any atom is 0.255 e. The first-order valence-corrected chi connectivity index (χ1v) is 9.97. The second-order valence-electron chi connectivity index (χ2n) is 6.40. The molecule has 0 spiro atoms. The summed E-state index contributed by atoms with van der Waals surface area (Å²) in [6.07, 6.45) is 1.54. The van der Waals surface area contributed by atoms with Gasteiger partial charge in [-0.2, -0.15) is 0 Å². The molecular weight excluding hydrogens is 336 g/mol. The van der Waals surface area contributed by atoms with E-state index in [9.17, 15) is 13.2 Å². The Hall–Kier alpha value is -2.34. The summed E-state index contributed by atoms with van der Waals surface area (Å²) >= 11 is 0. The zero-order valence-corrected chi connectivity index (χ0v) is 15.3. The van der Waals surface area contributed by atoms with Crippen molar-refractivity contribution in [2.24, 2.45) is 0 Å². The second-order valence-corrected chi connectivity index (χ2v) is 8.41. The molecule has 0 bridgehead atoms. The molecule has 1 aliphatic heterocycles. The van der Waals surface area contributed by atoms with E-state index in [1.807, 2.05) is 26.0 Å². The fourth-order valence-corrected chi connectivity index (χ4v) is 4.53. The van der Waals surface area contributed by atoms with Crippen LogP contribution < -0.4 is 9.62 Å². The Balaban J connectivity index is 1.82. The van der Waals surface area contributed by atoms with Crippen molar-refractivity contribution in [3.8, 4) is 0 Å². The van der Waals surface area contributed by atoms with Gasteiger partial charge in [0.25, 0.3) is 5.91 Å². The molecule has 25 heavy (non-hydrogen) atoms. The number of nitrogens with zero attached hydrogens (tertiary/aromatic N) is 1.